The molecular weight excluding hydrogens is 212 g/mol. The molecule has 1 aromatic carbocycles. The molecule has 1 aliphatic carbocycles. The highest BCUT2D eigenvalue weighted by Crippen LogP contribution is 2.32. The molecule has 0 unspecified atom stereocenters. The van der Waals surface area contributed by atoms with Crippen LogP contribution in [0.2, 0.25) is 0 Å². The van der Waals surface area contributed by atoms with E-state index in [1.807, 2.05) is 0 Å². The largest absolute Gasteiger partial charge is 0.292 e. The van der Waals surface area contributed by atoms with Gasteiger partial charge < -0.3 is 0 Å². The molecule has 0 aromatic heterocycles. The molecule has 0 bridgehead atoms. The summed E-state index contributed by atoms with van der Waals surface area (Å²) in [6.07, 6.45) is 4.72. The third kappa shape index (κ3) is 3.56. The quantitative estimate of drug-likeness (QED) is 0.785. The van der Waals surface area contributed by atoms with Crippen LogP contribution in [0, 0.1) is 0 Å². The molecule has 2 rings (SSSR count). The molecule has 1 aliphatic rings. The average Bonchev–Trinajstić information content (AvgIpc) is 2.38. The van der Waals surface area contributed by atoms with Crippen LogP contribution in [-0.2, 0) is 4.79 Å². The van der Waals surface area contributed by atoms with Crippen molar-refractivity contribution in [2.75, 3.05) is 0 Å². The molecule has 0 saturated heterocycles. The fraction of sp³-hybridized carbons (Fsp3) is 0.500. The maximum absolute atomic E-state index is 10.9. The number of hydrogen-bond acceptors (Lipinski definition) is 2. The molecule has 92 valence electrons. The van der Waals surface area contributed by atoms with Gasteiger partial charge in [0, 0.05) is 13.0 Å². The topological polar surface area (TPSA) is 41.1 Å². The maximum Gasteiger partial charge on any atom is 0.230 e. The van der Waals surface area contributed by atoms with E-state index < -0.39 is 0 Å². The predicted octanol–water partition coefficient (Wildman–Crippen LogP) is 2.35. The molecule has 2 N–H and O–H groups in total. The molecule has 3 heteroatoms. The Morgan fingerprint density at radius 2 is 2.00 bits per heavy atom. The van der Waals surface area contributed by atoms with E-state index in [9.17, 15) is 4.79 Å². The Bertz CT molecular complexity index is 364. The number of nitrogens with one attached hydrogen (secondary N) is 2. The summed E-state index contributed by atoms with van der Waals surface area (Å²) in [6.45, 7) is 1.53. The molecule has 17 heavy (non-hydrogen) atoms. The van der Waals surface area contributed by atoms with Crippen LogP contribution in [0.1, 0.15) is 44.1 Å². The van der Waals surface area contributed by atoms with Crippen molar-refractivity contribution >= 4 is 5.91 Å². The normalized spacial score (nSPS) is 24.3. The van der Waals surface area contributed by atoms with Crippen molar-refractivity contribution in [3.05, 3.63) is 35.9 Å². The number of hydrogen-bond donors (Lipinski definition) is 2. The lowest BCUT2D eigenvalue weighted by Crippen LogP contribution is -2.45. The molecule has 0 radical (unpaired) electrons. The second-order valence-corrected chi connectivity index (χ2v) is 4.80. The summed E-state index contributed by atoms with van der Waals surface area (Å²) in [4.78, 5) is 10.9. The van der Waals surface area contributed by atoms with Gasteiger partial charge in [0.05, 0.1) is 0 Å². The minimum atomic E-state index is -0.0214. The Morgan fingerprint density at radius 3 is 2.71 bits per heavy atom. The Labute approximate surface area is 103 Å². The summed E-state index contributed by atoms with van der Waals surface area (Å²) >= 11 is 0. The highest BCUT2D eigenvalue weighted by molar-refractivity contribution is 5.72. The van der Waals surface area contributed by atoms with Crippen molar-refractivity contribution in [2.45, 2.75) is 44.6 Å². The van der Waals surface area contributed by atoms with Crippen LogP contribution >= 0.6 is 0 Å². The van der Waals surface area contributed by atoms with Gasteiger partial charge in [-0.2, -0.15) is 0 Å². The second kappa shape index (κ2) is 5.82. The van der Waals surface area contributed by atoms with Crippen LogP contribution in [0.15, 0.2) is 30.3 Å². The maximum atomic E-state index is 10.9. The van der Waals surface area contributed by atoms with Crippen molar-refractivity contribution in [1.82, 2.24) is 10.9 Å². The summed E-state index contributed by atoms with van der Waals surface area (Å²) in [5.74, 6) is 0.600. The Morgan fingerprint density at radius 1 is 1.24 bits per heavy atom. The lowest BCUT2D eigenvalue weighted by atomic mass is 9.81. The molecule has 3 nitrogen and oxygen atoms in total. The minimum absolute atomic E-state index is 0.0214. The number of carbonyl (C=O) groups is 1. The Kier molecular flexibility index (Phi) is 4.15. The van der Waals surface area contributed by atoms with E-state index in [2.05, 4.69) is 41.2 Å². The van der Waals surface area contributed by atoms with Crippen molar-refractivity contribution < 1.29 is 4.79 Å². The first-order valence-electron chi connectivity index (χ1n) is 6.33. The van der Waals surface area contributed by atoms with Gasteiger partial charge >= 0.3 is 0 Å². The highest BCUT2D eigenvalue weighted by atomic mass is 16.2. The minimum Gasteiger partial charge on any atom is -0.292 e. The van der Waals surface area contributed by atoms with Gasteiger partial charge in [0.2, 0.25) is 5.91 Å². The van der Waals surface area contributed by atoms with E-state index in [4.69, 9.17) is 0 Å². The van der Waals surface area contributed by atoms with Gasteiger partial charge in [0.1, 0.15) is 0 Å². The average molecular weight is 232 g/mol. The first-order chi connectivity index (χ1) is 8.25. The Hall–Kier alpha value is -1.35. The van der Waals surface area contributed by atoms with E-state index in [0.717, 1.165) is 12.8 Å². The third-order valence-corrected chi connectivity index (χ3v) is 3.40. The van der Waals surface area contributed by atoms with Crippen molar-refractivity contribution in [3.8, 4) is 0 Å². The van der Waals surface area contributed by atoms with Crippen LogP contribution in [-0.4, -0.2) is 11.9 Å². The van der Waals surface area contributed by atoms with E-state index in [0.29, 0.717) is 12.0 Å². The van der Waals surface area contributed by atoms with E-state index >= 15 is 0 Å². The first kappa shape index (κ1) is 12.1. The predicted molar refractivity (Wildman–Crippen MR) is 68.4 cm³/mol. The van der Waals surface area contributed by atoms with Crippen LogP contribution in [0.4, 0.5) is 0 Å². The molecule has 1 saturated carbocycles. The van der Waals surface area contributed by atoms with Crippen LogP contribution in [0.3, 0.4) is 0 Å². The summed E-state index contributed by atoms with van der Waals surface area (Å²) < 4.78 is 0. The zero-order valence-electron chi connectivity index (χ0n) is 10.3. The van der Waals surface area contributed by atoms with Gasteiger partial charge in [-0.1, -0.05) is 36.8 Å². The molecule has 2 atom stereocenters. The third-order valence-electron chi connectivity index (χ3n) is 3.40. The highest BCUT2D eigenvalue weighted by Gasteiger charge is 2.22. The molecule has 0 aliphatic heterocycles. The van der Waals surface area contributed by atoms with Gasteiger partial charge in [-0.3, -0.25) is 10.2 Å². The van der Waals surface area contributed by atoms with Crippen molar-refractivity contribution in [1.29, 1.82) is 0 Å². The van der Waals surface area contributed by atoms with Crippen LogP contribution in [0.5, 0.6) is 0 Å². The zero-order valence-corrected chi connectivity index (χ0v) is 10.3. The molecule has 1 aromatic rings. The lowest BCUT2D eigenvalue weighted by molar-refractivity contribution is -0.120. The summed E-state index contributed by atoms with van der Waals surface area (Å²) in [5.41, 5.74) is 7.24. The summed E-state index contributed by atoms with van der Waals surface area (Å²) in [5, 5.41) is 0. The summed E-state index contributed by atoms with van der Waals surface area (Å²) in [6, 6.07) is 11.1. The molecule has 0 heterocycles. The number of carbonyl (C=O) groups excluding carboxylic acids is 1. The second-order valence-electron chi connectivity index (χ2n) is 4.80. The van der Waals surface area contributed by atoms with Gasteiger partial charge in [0.25, 0.3) is 0 Å². The van der Waals surface area contributed by atoms with E-state index in [1.54, 1.807) is 0 Å². The van der Waals surface area contributed by atoms with Crippen LogP contribution in [0.25, 0.3) is 0 Å². The summed E-state index contributed by atoms with van der Waals surface area (Å²) in [7, 11) is 0. The fourth-order valence-corrected chi connectivity index (χ4v) is 2.55. The van der Waals surface area contributed by atoms with Gasteiger partial charge in [0.15, 0.2) is 0 Å². The van der Waals surface area contributed by atoms with Gasteiger partial charge in [-0.05, 0) is 30.7 Å². The number of hydrazine groups is 1. The number of amides is 1. The molecular formula is C14H20N2O. The van der Waals surface area contributed by atoms with E-state index in [1.165, 1.54) is 25.3 Å². The van der Waals surface area contributed by atoms with Crippen molar-refractivity contribution in [3.63, 3.8) is 0 Å². The molecule has 1 amide bonds. The van der Waals surface area contributed by atoms with E-state index in [-0.39, 0.29) is 5.91 Å². The molecule has 0 spiro atoms. The lowest BCUT2D eigenvalue weighted by Gasteiger charge is -2.30. The van der Waals surface area contributed by atoms with Gasteiger partial charge in [-0.15, -0.1) is 0 Å². The fourth-order valence-electron chi connectivity index (χ4n) is 2.55. The van der Waals surface area contributed by atoms with Crippen LogP contribution < -0.4 is 10.9 Å². The number of rotatable bonds is 3. The van der Waals surface area contributed by atoms with Crippen molar-refractivity contribution in [2.24, 2.45) is 0 Å². The SMILES string of the molecule is CC(=O)NN[C@H]1CCC[C@@H](c2ccccc2)C1. The monoisotopic (exact) mass is 232 g/mol. The van der Waals surface area contributed by atoms with Gasteiger partial charge in [-0.25, -0.2) is 5.43 Å². The Balaban J connectivity index is 1.91. The zero-order chi connectivity index (χ0) is 12.1. The number of benzene rings is 1. The molecule has 1 fully saturated rings. The first-order valence-corrected chi connectivity index (χ1v) is 6.33. The standard InChI is InChI=1S/C14H20N2O/c1-11(17)15-16-14-9-5-8-13(10-14)12-6-3-2-4-7-12/h2-4,6-7,13-14,16H,5,8-10H2,1H3,(H,15,17)/t13-,14+/m1/s1. The smallest absolute Gasteiger partial charge is 0.230 e.